The van der Waals surface area contributed by atoms with Gasteiger partial charge in [0.1, 0.15) is 6.29 Å². The molecule has 0 heterocycles. The molecule has 1 aliphatic carbocycles. The van der Waals surface area contributed by atoms with Crippen LogP contribution < -0.4 is 5.73 Å². The van der Waals surface area contributed by atoms with E-state index in [9.17, 15) is 4.79 Å². The Morgan fingerprint density at radius 1 is 1.09 bits per heavy atom. The second kappa shape index (κ2) is 7.25. The first-order valence-corrected chi connectivity index (χ1v) is 3.95. The average molecular weight is 157 g/mol. The van der Waals surface area contributed by atoms with Gasteiger partial charge >= 0.3 is 0 Å². The number of carbonyl (C=O) groups is 2. The second-order valence-electron chi connectivity index (χ2n) is 2.67. The topological polar surface area (TPSA) is 60.2 Å². The molecule has 1 saturated carbocycles. The van der Waals surface area contributed by atoms with Crippen LogP contribution in [0.25, 0.3) is 0 Å². The third-order valence-electron chi connectivity index (χ3n) is 1.84. The Bertz CT molecular complexity index is 109. The van der Waals surface area contributed by atoms with Gasteiger partial charge in [-0.2, -0.15) is 0 Å². The maximum absolute atomic E-state index is 10.2. The summed E-state index contributed by atoms with van der Waals surface area (Å²) >= 11 is 0. The Morgan fingerprint density at radius 3 is 1.82 bits per heavy atom. The zero-order chi connectivity index (χ0) is 8.53. The number of rotatable bonds is 1. The smallest absolute Gasteiger partial charge is 0.204 e. The summed E-state index contributed by atoms with van der Waals surface area (Å²) in [4.78, 5) is 18.7. The first-order valence-electron chi connectivity index (χ1n) is 3.95. The summed E-state index contributed by atoms with van der Waals surface area (Å²) < 4.78 is 0. The van der Waals surface area contributed by atoms with Crippen molar-refractivity contribution in [3.63, 3.8) is 0 Å². The Balaban J connectivity index is 0.000000292. The number of primary amides is 1. The second-order valence-corrected chi connectivity index (χ2v) is 2.67. The SMILES string of the molecule is NC=O.O=CC1CCCCC1. The zero-order valence-corrected chi connectivity index (χ0v) is 6.66. The normalized spacial score (nSPS) is 17.8. The standard InChI is InChI=1S/C7H12O.CH3NO/c8-6-7-4-2-1-3-5-7;2-1-3/h6-7H,1-5H2;1H,(H2,2,3). The summed E-state index contributed by atoms with van der Waals surface area (Å²) in [5.41, 5.74) is 4.17. The molecule has 11 heavy (non-hydrogen) atoms. The summed E-state index contributed by atoms with van der Waals surface area (Å²) in [5.74, 6) is 0.406. The molecule has 0 aromatic carbocycles. The number of hydrogen-bond donors (Lipinski definition) is 1. The molecule has 1 amide bonds. The summed E-state index contributed by atoms with van der Waals surface area (Å²) in [7, 11) is 0. The van der Waals surface area contributed by atoms with E-state index in [4.69, 9.17) is 4.79 Å². The number of amides is 1. The van der Waals surface area contributed by atoms with Crippen LogP contribution in [0.2, 0.25) is 0 Å². The minimum atomic E-state index is 0.250. The summed E-state index contributed by atoms with van der Waals surface area (Å²) in [6.07, 6.45) is 7.52. The molecule has 2 N–H and O–H groups in total. The van der Waals surface area contributed by atoms with E-state index in [-0.39, 0.29) is 6.41 Å². The van der Waals surface area contributed by atoms with Crippen molar-refractivity contribution in [2.24, 2.45) is 11.7 Å². The number of nitrogens with two attached hydrogens (primary N) is 1. The molecule has 1 rings (SSSR count). The fourth-order valence-corrected chi connectivity index (χ4v) is 1.27. The molecule has 1 fully saturated rings. The highest BCUT2D eigenvalue weighted by Gasteiger charge is 2.10. The van der Waals surface area contributed by atoms with Gasteiger partial charge in [0.15, 0.2) is 0 Å². The summed E-state index contributed by atoms with van der Waals surface area (Å²) in [6, 6.07) is 0. The largest absolute Gasteiger partial charge is 0.372 e. The van der Waals surface area contributed by atoms with Crippen LogP contribution in [-0.4, -0.2) is 12.7 Å². The first-order chi connectivity index (χ1) is 5.35. The summed E-state index contributed by atoms with van der Waals surface area (Å²) in [5, 5.41) is 0. The first kappa shape index (κ1) is 10.1. The van der Waals surface area contributed by atoms with Crippen LogP contribution >= 0.6 is 0 Å². The van der Waals surface area contributed by atoms with Gasteiger partial charge in [0.05, 0.1) is 0 Å². The maximum Gasteiger partial charge on any atom is 0.204 e. The third-order valence-corrected chi connectivity index (χ3v) is 1.84. The van der Waals surface area contributed by atoms with Crippen LogP contribution in [0.15, 0.2) is 0 Å². The number of hydrogen-bond acceptors (Lipinski definition) is 2. The Morgan fingerprint density at radius 2 is 1.55 bits per heavy atom. The fraction of sp³-hybridized carbons (Fsp3) is 0.750. The lowest BCUT2D eigenvalue weighted by Gasteiger charge is -2.14. The molecule has 0 aromatic heterocycles. The van der Waals surface area contributed by atoms with Crippen LogP contribution in [0.1, 0.15) is 32.1 Å². The summed E-state index contributed by atoms with van der Waals surface area (Å²) in [6.45, 7) is 0. The van der Waals surface area contributed by atoms with Gasteiger partial charge in [0.2, 0.25) is 6.41 Å². The van der Waals surface area contributed by atoms with Crippen LogP contribution in [0.4, 0.5) is 0 Å². The van der Waals surface area contributed by atoms with Gasteiger partial charge in [-0.05, 0) is 12.8 Å². The predicted molar refractivity (Wildman–Crippen MR) is 42.9 cm³/mol. The van der Waals surface area contributed by atoms with Crippen LogP contribution in [0.3, 0.4) is 0 Å². The average Bonchev–Trinajstić information content (AvgIpc) is 2.08. The van der Waals surface area contributed by atoms with Gasteiger partial charge in [-0.25, -0.2) is 0 Å². The molecule has 0 aromatic rings. The zero-order valence-electron chi connectivity index (χ0n) is 6.66. The highest BCUT2D eigenvalue weighted by molar-refractivity contribution is 5.53. The van der Waals surface area contributed by atoms with E-state index < -0.39 is 0 Å². The molecular formula is C8H15NO2. The predicted octanol–water partition coefficient (Wildman–Crippen LogP) is 0.867. The molecule has 1 aliphatic rings. The van der Waals surface area contributed by atoms with Crippen molar-refractivity contribution in [2.45, 2.75) is 32.1 Å². The van der Waals surface area contributed by atoms with Crippen molar-refractivity contribution in [3.8, 4) is 0 Å². The van der Waals surface area contributed by atoms with Crippen LogP contribution in [-0.2, 0) is 9.59 Å². The molecule has 3 nitrogen and oxygen atoms in total. The van der Waals surface area contributed by atoms with E-state index in [0.29, 0.717) is 5.92 Å². The molecule has 0 unspecified atom stereocenters. The molecular weight excluding hydrogens is 142 g/mol. The van der Waals surface area contributed by atoms with E-state index in [1.165, 1.54) is 19.3 Å². The van der Waals surface area contributed by atoms with Gasteiger partial charge < -0.3 is 10.5 Å². The lowest BCUT2D eigenvalue weighted by Crippen LogP contribution is -2.06. The van der Waals surface area contributed by atoms with Crippen molar-refractivity contribution in [1.82, 2.24) is 0 Å². The minimum absolute atomic E-state index is 0.250. The van der Waals surface area contributed by atoms with E-state index in [2.05, 4.69) is 5.73 Å². The van der Waals surface area contributed by atoms with Gasteiger partial charge in [0.25, 0.3) is 0 Å². The molecule has 3 heteroatoms. The van der Waals surface area contributed by atoms with E-state index in [1.807, 2.05) is 0 Å². The Hall–Kier alpha value is -0.860. The van der Waals surface area contributed by atoms with E-state index in [1.54, 1.807) is 0 Å². The van der Waals surface area contributed by atoms with Crippen molar-refractivity contribution in [2.75, 3.05) is 0 Å². The molecule has 64 valence electrons. The van der Waals surface area contributed by atoms with Gasteiger partial charge in [0, 0.05) is 5.92 Å². The lowest BCUT2D eigenvalue weighted by atomic mass is 9.91. The lowest BCUT2D eigenvalue weighted by molar-refractivity contribution is -0.111. The molecule has 0 spiro atoms. The maximum atomic E-state index is 10.2. The van der Waals surface area contributed by atoms with E-state index in [0.717, 1.165) is 19.1 Å². The van der Waals surface area contributed by atoms with Crippen molar-refractivity contribution in [3.05, 3.63) is 0 Å². The number of aldehydes is 1. The van der Waals surface area contributed by atoms with Crippen molar-refractivity contribution >= 4 is 12.7 Å². The molecule has 0 radical (unpaired) electrons. The van der Waals surface area contributed by atoms with Crippen molar-refractivity contribution < 1.29 is 9.59 Å². The molecule has 0 saturated heterocycles. The van der Waals surface area contributed by atoms with Crippen LogP contribution in [0, 0.1) is 5.92 Å². The van der Waals surface area contributed by atoms with Gasteiger partial charge in [-0.3, -0.25) is 4.79 Å². The van der Waals surface area contributed by atoms with Gasteiger partial charge in [-0.15, -0.1) is 0 Å². The highest BCUT2D eigenvalue weighted by atomic mass is 16.1. The third kappa shape index (κ3) is 5.58. The van der Waals surface area contributed by atoms with E-state index >= 15 is 0 Å². The quantitative estimate of drug-likeness (QED) is 0.574. The molecule has 0 atom stereocenters. The molecule has 0 aliphatic heterocycles. The number of carbonyl (C=O) groups excluding carboxylic acids is 2. The monoisotopic (exact) mass is 157 g/mol. The molecule has 0 bridgehead atoms. The van der Waals surface area contributed by atoms with Crippen molar-refractivity contribution in [1.29, 1.82) is 0 Å². The minimum Gasteiger partial charge on any atom is -0.372 e. The van der Waals surface area contributed by atoms with Gasteiger partial charge in [-0.1, -0.05) is 19.3 Å². The Labute approximate surface area is 67.0 Å². The van der Waals surface area contributed by atoms with Crippen LogP contribution in [0.5, 0.6) is 0 Å². The Kier molecular flexibility index (Phi) is 6.68. The fourth-order valence-electron chi connectivity index (χ4n) is 1.27. The highest BCUT2D eigenvalue weighted by Crippen LogP contribution is 2.21.